The van der Waals surface area contributed by atoms with Crippen molar-refractivity contribution in [2.45, 2.75) is 19.4 Å². The monoisotopic (exact) mass is 239 g/mol. The highest BCUT2D eigenvalue weighted by Gasteiger charge is 2.03. The number of rotatable bonds is 7. The fraction of sp³-hybridized carbons (Fsp3) is 0.538. The van der Waals surface area contributed by atoms with Crippen molar-refractivity contribution in [2.24, 2.45) is 0 Å². The van der Waals surface area contributed by atoms with Crippen molar-refractivity contribution < 1.29 is 4.74 Å². The number of thioether (sulfide) groups is 1. The Kier molecular flexibility index (Phi) is 6.34. The number of methoxy groups -OCH3 is 1. The van der Waals surface area contributed by atoms with Gasteiger partial charge in [-0.1, -0.05) is 12.1 Å². The number of hydrogen-bond donors (Lipinski definition) is 1. The molecule has 0 radical (unpaired) electrons. The van der Waals surface area contributed by atoms with E-state index in [1.54, 1.807) is 7.11 Å². The Morgan fingerprint density at radius 3 is 2.56 bits per heavy atom. The largest absolute Gasteiger partial charge is 0.497 e. The minimum atomic E-state index is 0.410. The zero-order valence-corrected chi connectivity index (χ0v) is 11.1. The summed E-state index contributed by atoms with van der Waals surface area (Å²) in [5, 5.41) is 3.52. The van der Waals surface area contributed by atoms with Gasteiger partial charge in [0.25, 0.3) is 0 Å². The highest BCUT2D eigenvalue weighted by molar-refractivity contribution is 7.98. The van der Waals surface area contributed by atoms with E-state index in [4.69, 9.17) is 4.74 Å². The van der Waals surface area contributed by atoms with E-state index < -0.39 is 0 Å². The van der Waals surface area contributed by atoms with Crippen molar-refractivity contribution in [1.82, 2.24) is 5.32 Å². The van der Waals surface area contributed by atoms with E-state index in [1.807, 2.05) is 23.9 Å². The summed E-state index contributed by atoms with van der Waals surface area (Å²) < 4.78 is 5.14. The van der Waals surface area contributed by atoms with Gasteiger partial charge < -0.3 is 10.1 Å². The normalized spacial score (nSPS) is 12.4. The molecule has 0 bridgehead atoms. The summed E-state index contributed by atoms with van der Waals surface area (Å²) >= 11 is 1.90. The molecule has 90 valence electrons. The van der Waals surface area contributed by atoms with Crippen LogP contribution in [0.5, 0.6) is 5.75 Å². The van der Waals surface area contributed by atoms with Crippen LogP contribution in [0.2, 0.25) is 0 Å². The van der Waals surface area contributed by atoms with Gasteiger partial charge in [0.1, 0.15) is 5.75 Å². The molecule has 0 unspecified atom stereocenters. The Morgan fingerprint density at radius 2 is 2.00 bits per heavy atom. The molecule has 0 aliphatic carbocycles. The fourth-order valence-electron chi connectivity index (χ4n) is 1.55. The van der Waals surface area contributed by atoms with E-state index in [2.05, 4.69) is 30.6 Å². The van der Waals surface area contributed by atoms with Crippen LogP contribution in [0.1, 0.15) is 24.9 Å². The smallest absolute Gasteiger partial charge is 0.118 e. The Bertz CT molecular complexity index is 286. The van der Waals surface area contributed by atoms with Crippen LogP contribution in [0.4, 0.5) is 0 Å². The van der Waals surface area contributed by atoms with E-state index in [-0.39, 0.29) is 0 Å². The first-order chi connectivity index (χ1) is 7.77. The van der Waals surface area contributed by atoms with E-state index in [1.165, 1.54) is 17.7 Å². The van der Waals surface area contributed by atoms with Gasteiger partial charge in [0.2, 0.25) is 0 Å². The van der Waals surface area contributed by atoms with Crippen LogP contribution in [0, 0.1) is 0 Å². The van der Waals surface area contributed by atoms with Gasteiger partial charge in [-0.05, 0) is 49.6 Å². The minimum Gasteiger partial charge on any atom is -0.497 e. The van der Waals surface area contributed by atoms with E-state index in [0.29, 0.717) is 6.04 Å². The fourth-order valence-corrected chi connectivity index (χ4v) is 1.98. The first-order valence-corrected chi connectivity index (χ1v) is 7.03. The summed E-state index contributed by atoms with van der Waals surface area (Å²) in [6.07, 6.45) is 3.37. The van der Waals surface area contributed by atoms with Gasteiger partial charge >= 0.3 is 0 Å². The molecule has 1 aromatic carbocycles. The summed E-state index contributed by atoms with van der Waals surface area (Å²) in [5.74, 6) is 2.14. The summed E-state index contributed by atoms with van der Waals surface area (Å²) in [7, 11) is 1.69. The van der Waals surface area contributed by atoms with Gasteiger partial charge in [0, 0.05) is 6.04 Å². The van der Waals surface area contributed by atoms with Crippen molar-refractivity contribution in [2.75, 3.05) is 25.7 Å². The number of benzene rings is 1. The molecule has 1 aromatic rings. The Balaban J connectivity index is 2.37. The van der Waals surface area contributed by atoms with E-state index >= 15 is 0 Å². The second-order valence-electron chi connectivity index (χ2n) is 3.80. The Hall–Kier alpha value is -0.670. The van der Waals surface area contributed by atoms with Crippen LogP contribution < -0.4 is 10.1 Å². The van der Waals surface area contributed by atoms with Crippen molar-refractivity contribution >= 4 is 11.8 Å². The lowest BCUT2D eigenvalue weighted by atomic mass is 10.1. The molecule has 0 aromatic heterocycles. The molecule has 0 saturated carbocycles. The topological polar surface area (TPSA) is 21.3 Å². The SMILES string of the molecule is COc1ccc([C@H](C)NCCCSC)cc1. The molecule has 3 heteroatoms. The van der Waals surface area contributed by atoms with Gasteiger partial charge in [-0.15, -0.1) is 0 Å². The third-order valence-corrected chi connectivity index (χ3v) is 3.29. The van der Waals surface area contributed by atoms with Crippen LogP contribution in [-0.4, -0.2) is 25.7 Å². The lowest BCUT2D eigenvalue weighted by molar-refractivity contribution is 0.414. The second kappa shape index (κ2) is 7.58. The van der Waals surface area contributed by atoms with Gasteiger partial charge in [0.15, 0.2) is 0 Å². The van der Waals surface area contributed by atoms with Crippen molar-refractivity contribution in [3.63, 3.8) is 0 Å². The molecule has 0 saturated heterocycles. The highest BCUT2D eigenvalue weighted by atomic mass is 32.2. The predicted octanol–water partition coefficient (Wildman–Crippen LogP) is 3.10. The standard InChI is InChI=1S/C13H21NOS/c1-11(14-9-4-10-16-3)12-5-7-13(15-2)8-6-12/h5-8,11,14H,4,9-10H2,1-3H3/t11-/m0/s1. The molecule has 16 heavy (non-hydrogen) atoms. The maximum Gasteiger partial charge on any atom is 0.118 e. The Labute approximate surface area is 103 Å². The van der Waals surface area contributed by atoms with Crippen LogP contribution in [-0.2, 0) is 0 Å². The second-order valence-corrected chi connectivity index (χ2v) is 4.78. The van der Waals surface area contributed by atoms with Crippen LogP contribution in [0.25, 0.3) is 0 Å². The molecule has 0 amide bonds. The zero-order chi connectivity index (χ0) is 11.8. The third-order valence-electron chi connectivity index (χ3n) is 2.59. The quantitative estimate of drug-likeness (QED) is 0.739. The Morgan fingerprint density at radius 1 is 1.31 bits per heavy atom. The predicted molar refractivity (Wildman–Crippen MR) is 72.4 cm³/mol. The molecule has 0 heterocycles. The molecule has 0 aliphatic heterocycles. The maximum absolute atomic E-state index is 5.14. The number of hydrogen-bond acceptors (Lipinski definition) is 3. The third kappa shape index (κ3) is 4.45. The molecular formula is C13H21NOS. The van der Waals surface area contributed by atoms with Crippen LogP contribution in [0.15, 0.2) is 24.3 Å². The van der Waals surface area contributed by atoms with E-state index in [0.717, 1.165) is 12.3 Å². The molecule has 0 fully saturated rings. The van der Waals surface area contributed by atoms with Gasteiger partial charge in [-0.3, -0.25) is 0 Å². The van der Waals surface area contributed by atoms with E-state index in [9.17, 15) is 0 Å². The summed E-state index contributed by atoms with van der Waals surface area (Å²) in [4.78, 5) is 0. The number of nitrogens with one attached hydrogen (secondary N) is 1. The first kappa shape index (κ1) is 13.4. The average Bonchev–Trinajstić information content (AvgIpc) is 2.34. The van der Waals surface area contributed by atoms with Crippen molar-refractivity contribution in [1.29, 1.82) is 0 Å². The van der Waals surface area contributed by atoms with Crippen LogP contribution >= 0.6 is 11.8 Å². The van der Waals surface area contributed by atoms with Gasteiger partial charge in [-0.25, -0.2) is 0 Å². The molecule has 0 aliphatic rings. The van der Waals surface area contributed by atoms with Crippen molar-refractivity contribution in [3.8, 4) is 5.75 Å². The minimum absolute atomic E-state index is 0.410. The van der Waals surface area contributed by atoms with Crippen LogP contribution in [0.3, 0.4) is 0 Å². The lowest BCUT2D eigenvalue weighted by Crippen LogP contribution is -2.20. The molecule has 1 N–H and O–H groups in total. The zero-order valence-electron chi connectivity index (χ0n) is 10.3. The molecular weight excluding hydrogens is 218 g/mol. The molecule has 1 rings (SSSR count). The molecule has 0 spiro atoms. The van der Waals surface area contributed by atoms with Gasteiger partial charge in [-0.2, -0.15) is 11.8 Å². The first-order valence-electron chi connectivity index (χ1n) is 5.64. The lowest BCUT2D eigenvalue weighted by Gasteiger charge is -2.14. The summed E-state index contributed by atoms with van der Waals surface area (Å²) in [6.45, 7) is 3.27. The summed E-state index contributed by atoms with van der Waals surface area (Å²) in [5.41, 5.74) is 1.31. The molecule has 1 atom stereocenters. The average molecular weight is 239 g/mol. The van der Waals surface area contributed by atoms with Gasteiger partial charge in [0.05, 0.1) is 7.11 Å². The maximum atomic E-state index is 5.14. The number of ether oxygens (including phenoxy) is 1. The molecule has 2 nitrogen and oxygen atoms in total. The summed E-state index contributed by atoms with van der Waals surface area (Å²) in [6, 6.07) is 8.66. The van der Waals surface area contributed by atoms with Crippen molar-refractivity contribution in [3.05, 3.63) is 29.8 Å². The highest BCUT2D eigenvalue weighted by Crippen LogP contribution is 2.17.